The monoisotopic (exact) mass is 177 g/mol. The molecule has 1 rings (SSSR count). The quantitative estimate of drug-likeness (QED) is 0.518. The third-order valence-corrected chi connectivity index (χ3v) is 1.80. The number of carboxylic acids is 1. The highest BCUT2D eigenvalue weighted by Crippen LogP contribution is 2.11. The van der Waals surface area contributed by atoms with Gasteiger partial charge >= 0.3 is 5.97 Å². The molecule has 66 valence electrons. The first-order valence-corrected chi connectivity index (χ1v) is 4.36. The molecule has 11 heavy (non-hydrogen) atoms. The van der Waals surface area contributed by atoms with Crippen molar-refractivity contribution in [3.63, 3.8) is 0 Å². The van der Waals surface area contributed by atoms with Crippen molar-refractivity contribution in [3.8, 4) is 0 Å². The molecule has 2 unspecified atom stereocenters. The summed E-state index contributed by atoms with van der Waals surface area (Å²) in [7, 11) is 0. The van der Waals surface area contributed by atoms with E-state index in [9.17, 15) is 4.79 Å². The molecule has 3 nitrogen and oxygen atoms in total. The summed E-state index contributed by atoms with van der Waals surface area (Å²) in [5.74, 6) is -0.772. The SMILES string of the molecule is CC.O=C(O)C1CC(S)CN1. The third kappa shape index (κ3) is 3.62. The van der Waals surface area contributed by atoms with Crippen LogP contribution in [0.4, 0.5) is 0 Å². The molecule has 0 radical (unpaired) electrons. The van der Waals surface area contributed by atoms with E-state index in [2.05, 4.69) is 17.9 Å². The average molecular weight is 177 g/mol. The normalized spacial score (nSPS) is 29.0. The van der Waals surface area contributed by atoms with Crippen LogP contribution in [-0.4, -0.2) is 28.9 Å². The molecule has 1 aliphatic rings. The third-order valence-electron chi connectivity index (χ3n) is 1.41. The molecule has 0 aromatic carbocycles. The summed E-state index contributed by atoms with van der Waals surface area (Å²) in [6.45, 7) is 4.71. The number of thiol groups is 1. The van der Waals surface area contributed by atoms with E-state index >= 15 is 0 Å². The number of hydrogen-bond acceptors (Lipinski definition) is 3. The van der Waals surface area contributed by atoms with Crippen molar-refractivity contribution in [2.24, 2.45) is 0 Å². The molecule has 1 heterocycles. The summed E-state index contributed by atoms with van der Waals surface area (Å²) in [6, 6.07) is -0.368. The van der Waals surface area contributed by atoms with Crippen LogP contribution in [0, 0.1) is 0 Å². The highest BCUT2D eigenvalue weighted by atomic mass is 32.1. The van der Waals surface area contributed by atoms with Crippen LogP contribution >= 0.6 is 12.6 Å². The summed E-state index contributed by atoms with van der Waals surface area (Å²) in [5, 5.41) is 11.5. The Hall–Kier alpha value is -0.220. The van der Waals surface area contributed by atoms with E-state index in [1.807, 2.05) is 13.8 Å². The predicted octanol–water partition coefficient (Wildman–Crippen LogP) is 0.757. The van der Waals surface area contributed by atoms with Gasteiger partial charge in [0, 0.05) is 11.8 Å². The van der Waals surface area contributed by atoms with Crippen molar-refractivity contribution in [2.45, 2.75) is 31.6 Å². The topological polar surface area (TPSA) is 49.3 Å². The Kier molecular flexibility index (Phi) is 5.32. The van der Waals surface area contributed by atoms with Crippen molar-refractivity contribution in [2.75, 3.05) is 6.54 Å². The molecular weight excluding hydrogens is 162 g/mol. The number of carboxylic acid groups (broad SMARTS) is 1. The molecule has 0 amide bonds. The van der Waals surface area contributed by atoms with Gasteiger partial charge in [-0.25, -0.2) is 0 Å². The first-order valence-electron chi connectivity index (χ1n) is 3.84. The van der Waals surface area contributed by atoms with Crippen LogP contribution in [0.25, 0.3) is 0 Å². The van der Waals surface area contributed by atoms with Crippen molar-refractivity contribution < 1.29 is 9.90 Å². The van der Waals surface area contributed by atoms with Crippen LogP contribution < -0.4 is 5.32 Å². The van der Waals surface area contributed by atoms with Crippen LogP contribution in [0.2, 0.25) is 0 Å². The van der Waals surface area contributed by atoms with E-state index in [4.69, 9.17) is 5.11 Å². The lowest BCUT2D eigenvalue weighted by molar-refractivity contribution is -0.139. The molecule has 1 fully saturated rings. The fourth-order valence-electron chi connectivity index (χ4n) is 0.905. The minimum absolute atomic E-state index is 0.214. The Morgan fingerprint density at radius 3 is 2.36 bits per heavy atom. The van der Waals surface area contributed by atoms with Gasteiger partial charge in [0.05, 0.1) is 0 Å². The van der Waals surface area contributed by atoms with Crippen molar-refractivity contribution in [1.82, 2.24) is 5.32 Å². The molecule has 4 heteroatoms. The lowest BCUT2D eigenvalue weighted by Crippen LogP contribution is -2.29. The first-order chi connectivity index (χ1) is 5.20. The molecule has 0 saturated carbocycles. The Balaban J connectivity index is 0.000000461. The Bertz CT molecular complexity index is 130. The van der Waals surface area contributed by atoms with Crippen molar-refractivity contribution in [3.05, 3.63) is 0 Å². The zero-order valence-corrected chi connectivity index (χ0v) is 7.77. The summed E-state index contributed by atoms with van der Waals surface area (Å²) < 4.78 is 0. The van der Waals surface area contributed by atoms with Gasteiger partial charge in [-0.05, 0) is 6.42 Å². The number of nitrogens with one attached hydrogen (secondary N) is 1. The summed E-state index contributed by atoms with van der Waals surface area (Å²) in [5.41, 5.74) is 0. The van der Waals surface area contributed by atoms with Gasteiger partial charge in [0.15, 0.2) is 0 Å². The Morgan fingerprint density at radius 1 is 1.64 bits per heavy atom. The van der Waals surface area contributed by atoms with Crippen LogP contribution in [-0.2, 0) is 4.79 Å². The summed E-state index contributed by atoms with van der Waals surface area (Å²) in [4.78, 5) is 10.3. The molecule has 0 aromatic rings. The fourth-order valence-corrected chi connectivity index (χ4v) is 1.22. The van der Waals surface area contributed by atoms with Gasteiger partial charge in [-0.2, -0.15) is 12.6 Å². The fraction of sp³-hybridized carbons (Fsp3) is 0.857. The van der Waals surface area contributed by atoms with Gasteiger partial charge in [0.25, 0.3) is 0 Å². The van der Waals surface area contributed by atoms with Crippen molar-refractivity contribution >= 4 is 18.6 Å². The molecule has 0 bridgehead atoms. The van der Waals surface area contributed by atoms with Crippen LogP contribution in [0.3, 0.4) is 0 Å². The van der Waals surface area contributed by atoms with E-state index in [1.165, 1.54) is 0 Å². The minimum atomic E-state index is -0.772. The standard InChI is InChI=1S/C5H9NO2S.C2H6/c7-5(8)4-1-3(9)2-6-4;1-2/h3-4,6,9H,1-2H2,(H,7,8);1-2H3. The second-order valence-corrected chi connectivity index (χ2v) is 2.92. The van der Waals surface area contributed by atoms with Gasteiger partial charge in [-0.15, -0.1) is 0 Å². The Morgan fingerprint density at radius 2 is 2.18 bits per heavy atom. The van der Waals surface area contributed by atoms with E-state index in [-0.39, 0.29) is 11.3 Å². The zero-order valence-electron chi connectivity index (χ0n) is 6.87. The molecular formula is C7H15NO2S. The lowest BCUT2D eigenvalue weighted by Gasteiger charge is -1.99. The maximum absolute atomic E-state index is 10.3. The average Bonchev–Trinajstić information content (AvgIpc) is 2.40. The van der Waals surface area contributed by atoms with E-state index in [0.29, 0.717) is 13.0 Å². The maximum atomic E-state index is 10.3. The van der Waals surface area contributed by atoms with E-state index < -0.39 is 5.97 Å². The van der Waals surface area contributed by atoms with E-state index in [1.54, 1.807) is 0 Å². The highest BCUT2D eigenvalue weighted by molar-refractivity contribution is 7.81. The van der Waals surface area contributed by atoms with Crippen LogP contribution in [0.5, 0.6) is 0 Å². The maximum Gasteiger partial charge on any atom is 0.320 e. The van der Waals surface area contributed by atoms with Gasteiger partial charge in [0.2, 0.25) is 0 Å². The molecule has 0 aromatic heterocycles. The second-order valence-electron chi connectivity index (χ2n) is 2.19. The first kappa shape index (κ1) is 10.8. The van der Waals surface area contributed by atoms with Gasteiger partial charge in [-0.1, -0.05) is 13.8 Å². The number of aliphatic carboxylic acids is 1. The molecule has 1 saturated heterocycles. The summed E-state index contributed by atoms with van der Waals surface area (Å²) in [6.07, 6.45) is 0.637. The molecule has 1 aliphatic heterocycles. The molecule has 2 N–H and O–H groups in total. The van der Waals surface area contributed by atoms with Crippen molar-refractivity contribution in [1.29, 1.82) is 0 Å². The second kappa shape index (κ2) is 5.43. The molecule has 0 aliphatic carbocycles. The predicted molar refractivity (Wildman–Crippen MR) is 48.2 cm³/mol. The highest BCUT2D eigenvalue weighted by Gasteiger charge is 2.26. The smallest absolute Gasteiger partial charge is 0.320 e. The van der Waals surface area contributed by atoms with E-state index in [0.717, 1.165) is 0 Å². The van der Waals surface area contributed by atoms with Crippen LogP contribution in [0.15, 0.2) is 0 Å². The zero-order chi connectivity index (χ0) is 8.85. The minimum Gasteiger partial charge on any atom is -0.480 e. The van der Waals surface area contributed by atoms with Crippen LogP contribution in [0.1, 0.15) is 20.3 Å². The lowest BCUT2D eigenvalue weighted by atomic mass is 10.2. The van der Waals surface area contributed by atoms with Gasteiger partial charge < -0.3 is 10.4 Å². The number of rotatable bonds is 1. The number of hydrogen-bond donors (Lipinski definition) is 3. The van der Waals surface area contributed by atoms with Gasteiger partial charge in [-0.3, -0.25) is 4.79 Å². The largest absolute Gasteiger partial charge is 0.480 e. The molecule has 2 atom stereocenters. The number of carbonyl (C=O) groups is 1. The van der Waals surface area contributed by atoms with Gasteiger partial charge in [0.1, 0.15) is 6.04 Å². The summed E-state index contributed by atoms with van der Waals surface area (Å²) >= 11 is 4.12. The molecule has 0 spiro atoms. The Labute approximate surface area is 72.6 Å².